The number of carbonyl (C=O) groups is 3. The summed E-state index contributed by atoms with van der Waals surface area (Å²) in [7, 11) is 0. The van der Waals surface area contributed by atoms with Gasteiger partial charge in [-0.2, -0.15) is 0 Å². The first-order valence-corrected chi connectivity index (χ1v) is 11.1. The lowest BCUT2D eigenvalue weighted by Gasteiger charge is -2.22. The van der Waals surface area contributed by atoms with E-state index in [1.165, 1.54) is 6.92 Å². The smallest absolute Gasteiger partial charge is 0.308 e. The molecule has 34 heavy (non-hydrogen) atoms. The minimum atomic E-state index is -0.649. The number of amides is 2. The molecule has 4 rings (SSSR count). The Kier molecular flexibility index (Phi) is 6.84. The molecular formula is C26H23ClN2O5. The number of nitrogens with one attached hydrogen (secondary N) is 1. The molecular weight excluding hydrogens is 456 g/mol. The summed E-state index contributed by atoms with van der Waals surface area (Å²) in [6, 6.07) is 19.1. The second kappa shape index (κ2) is 9.97. The van der Waals surface area contributed by atoms with E-state index >= 15 is 0 Å². The maximum atomic E-state index is 12.9. The second-order valence-electron chi connectivity index (χ2n) is 7.95. The maximum Gasteiger partial charge on any atom is 0.308 e. The summed E-state index contributed by atoms with van der Waals surface area (Å²) >= 11 is 5.98. The van der Waals surface area contributed by atoms with Crippen LogP contribution in [0.15, 0.2) is 66.7 Å². The van der Waals surface area contributed by atoms with Gasteiger partial charge in [0.1, 0.15) is 11.5 Å². The van der Waals surface area contributed by atoms with Crippen LogP contribution in [0.2, 0.25) is 5.02 Å². The largest absolute Gasteiger partial charge is 0.481 e. The zero-order chi connectivity index (χ0) is 24.2. The summed E-state index contributed by atoms with van der Waals surface area (Å²) in [6.45, 7) is 3.71. The van der Waals surface area contributed by atoms with Crippen molar-refractivity contribution in [1.29, 1.82) is 0 Å². The second-order valence-corrected chi connectivity index (χ2v) is 8.38. The van der Waals surface area contributed by atoms with E-state index in [0.717, 1.165) is 11.1 Å². The molecule has 1 heterocycles. The van der Waals surface area contributed by atoms with Crippen molar-refractivity contribution in [2.24, 2.45) is 0 Å². The van der Waals surface area contributed by atoms with Crippen LogP contribution in [0, 0.1) is 0 Å². The zero-order valence-corrected chi connectivity index (χ0v) is 19.5. The molecule has 0 aliphatic carbocycles. The van der Waals surface area contributed by atoms with Crippen molar-refractivity contribution < 1.29 is 23.9 Å². The molecule has 0 saturated heterocycles. The van der Waals surface area contributed by atoms with Crippen LogP contribution < -0.4 is 14.8 Å². The van der Waals surface area contributed by atoms with Gasteiger partial charge in [0.05, 0.1) is 5.56 Å². The van der Waals surface area contributed by atoms with Gasteiger partial charge in [0.25, 0.3) is 11.8 Å². The van der Waals surface area contributed by atoms with E-state index < -0.39 is 18.0 Å². The average Bonchev–Trinajstić information content (AvgIpc) is 2.91. The zero-order valence-electron chi connectivity index (χ0n) is 18.7. The highest BCUT2D eigenvalue weighted by Gasteiger charge is 2.28. The van der Waals surface area contributed by atoms with Crippen LogP contribution in [0.5, 0.6) is 11.5 Å². The fourth-order valence-corrected chi connectivity index (χ4v) is 3.84. The number of carbonyl (C=O) groups excluding carboxylic acids is 3. The third-order valence-electron chi connectivity index (χ3n) is 5.31. The summed E-state index contributed by atoms with van der Waals surface area (Å²) < 4.78 is 11.0. The van der Waals surface area contributed by atoms with Gasteiger partial charge in [-0.3, -0.25) is 14.4 Å². The molecule has 2 amide bonds. The number of anilines is 1. The number of rotatable bonds is 5. The number of ether oxygens (including phenoxy) is 2. The average molecular weight is 479 g/mol. The van der Waals surface area contributed by atoms with Gasteiger partial charge in [-0.05, 0) is 55.0 Å². The van der Waals surface area contributed by atoms with Gasteiger partial charge in [0.2, 0.25) is 0 Å². The van der Waals surface area contributed by atoms with Crippen LogP contribution >= 0.6 is 11.6 Å². The van der Waals surface area contributed by atoms with Gasteiger partial charge < -0.3 is 19.7 Å². The number of nitrogens with zero attached hydrogens (tertiary/aromatic N) is 1. The molecule has 0 fully saturated rings. The molecule has 0 spiro atoms. The van der Waals surface area contributed by atoms with Crippen LogP contribution in [-0.2, 0) is 22.7 Å². The molecule has 0 bridgehead atoms. The molecule has 3 aromatic carbocycles. The predicted molar refractivity (Wildman–Crippen MR) is 128 cm³/mol. The summed E-state index contributed by atoms with van der Waals surface area (Å²) in [5.41, 5.74) is 2.47. The molecule has 1 atom stereocenters. The van der Waals surface area contributed by atoms with E-state index in [-0.39, 0.29) is 17.2 Å². The van der Waals surface area contributed by atoms with Gasteiger partial charge in [0.15, 0.2) is 6.10 Å². The van der Waals surface area contributed by atoms with Crippen molar-refractivity contribution in [1.82, 2.24) is 4.90 Å². The van der Waals surface area contributed by atoms with E-state index in [2.05, 4.69) is 5.32 Å². The Bertz CT molecular complexity index is 1240. The lowest BCUT2D eigenvalue weighted by Crippen LogP contribution is -2.37. The normalized spacial score (nSPS) is 15.1. The summed E-state index contributed by atoms with van der Waals surface area (Å²) in [4.78, 5) is 38.9. The van der Waals surface area contributed by atoms with Crippen LogP contribution in [0.25, 0.3) is 0 Å². The van der Waals surface area contributed by atoms with Crippen LogP contribution in [0.3, 0.4) is 0 Å². The van der Waals surface area contributed by atoms with E-state index in [0.29, 0.717) is 29.5 Å². The third-order valence-corrected chi connectivity index (χ3v) is 5.57. The lowest BCUT2D eigenvalue weighted by molar-refractivity contribution is -0.138. The fourth-order valence-electron chi connectivity index (χ4n) is 3.72. The topological polar surface area (TPSA) is 84.9 Å². The third kappa shape index (κ3) is 5.38. The molecule has 1 aliphatic heterocycles. The van der Waals surface area contributed by atoms with Gasteiger partial charge in [0, 0.05) is 36.3 Å². The summed E-state index contributed by atoms with van der Waals surface area (Å²) in [5, 5.41) is 3.46. The molecule has 1 aliphatic rings. The van der Waals surface area contributed by atoms with E-state index in [9.17, 15) is 14.4 Å². The molecule has 0 aromatic heterocycles. The Morgan fingerprint density at radius 2 is 1.85 bits per heavy atom. The number of hydrogen-bond donors (Lipinski definition) is 1. The highest BCUT2D eigenvalue weighted by atomic mass is 35.5. The van der Waals surface area contributed by atoms with Gasteiger partial charge >= 0.3 is 5.97 Å². The number of esters is 1. The highest BCUT2D eigenvalue weighted by Crippen LogP contribution is 2.30. The number of benzene rings is 3. The molecule has 3 aromatic rings. The minimum Gasteiger partial charge on any atom is -0.481 e. The van der Waals surface area contributed by atoms with Crippen molar-refractivity contribution in [2.75, 3.05) is 5.32 Å². The monoisotopic (exact) mass is 478 g/mol. The lowest BCUT2D eigenvalue weighted by atomic mass is 10.1. The molecule has 8 heteroatoms. The van der Waals surface area contributed by atoms with Crippen LogP contribution in [0.1, 0.15) is 35.3 Å². The van der Waals surface area contributed by atoms with E-state index in [4.69, 9.17) is 21.1 Å². The highest BCUT2D eigenvalue weighted by molar-refractivity contribution is 6.30. The Balaban J connectivity index is 1.56. The van der Waals surface area contributed by atoms with Gasteiger partial charge in [-0.1, -0.05) is 35.9 Å². The number of para-hydroxylation sites is 1. The van der Waals surface area contributed by atoms with Crippen LogP contribution in [0.4, 0.5) is 5.69 Å². The SMILES string of the molecule is CC(=O)Oc1ccccc1C(=O)Nc1ccc2c(c1)CN(Cc1ccc(Cl)cc1)C(=O)[C@@H](C)O2. The first kappa shape index (κ1) is 23.3. The number of fused-ring (bicyclic) bond motifs is 1. The summed E-state index contributed by atoms with van der Waals surface area (Å²) in [6.07, 6.45) is -0.649. The molecule has 174 valence electrons. The first-order valence-electron chi connectivity index (χ1n) is 10.7. The van der Waals surface area contributed by atoms with E-state index in [1.807, 2.05) is 12.1 Å². The molecule has 0 saturated carbocycles. The number of hydrogen-bond acceptors (Lipinski definition) is 5. The van der Waals surface area contributed by atoms with Gasteiger partial charge in [-0.15, -0.1) is 0 Å². The molecule has 0 unspecified atom stereocenters. The van der Waals surface area contributed by atoms with Crippen LogP contribution in [-0.4, -0.2) is 28.8 Å². The Morgan fingerprint density at radius 3 is 2.59 bits per heavy atom. The molecule has 1 N–H and O–H groups in total. The Hall–Kier alpha value is -3.84. The van der Waals surface area contributed by atoms with E-state index in [1.54, 1.807) is 66.4 Å². The summed E-state index contributed by atoms with van der Waals surface area (Å²) in [5.74, 6) is -0.306. The Morgan fingerprint density at radius 1 is 1.12 bits per heavy atom. The van der Waals surface area contributed by atoms with Crippen molar-refractivity contribution in [3.05, 3.63) is 88.4 Å². The molecule has 0 radical (unpaired) electrons. The maximum absolute atomic E-state index is 12.9. The van der Waals surface area contributed by atoms with Crippen molar-refractivity contribution in [3.63, 3.8) is 0 Å². The predicted octanol–water partition coefficient (Wildman–Crippen LogP) is 4.83. The van der Waals surface area contributed by atoms with Crippen molar-refractivity contribution in [3.8, 4) is 11.5 Å². The number of halogens is 1. The van der Waals surface area contributed by atoms with Gasteiger partial charge in [-0.25, -0.2) is 0 Å². The standard InChI is InChI=1S/C26H23ClN2O5/c1-16-26(32)29(14-18-7-9-20(27)10-8-18)15-19-13-21(11-12-23(19)33-16)28-25(31)22-5-3-4-6-24(22)34-17(2)30/h3-13,16H,14-15H2,1-2H3,(H,28,31)/t16-/m1/s1. The van der Waals surface area contributed by atoms with Crippen molar-refractivity contribution in [2.45, 2.75) is 33.0 Å². The fraction of sp³-hybridized carbons (Fsp3) is 0.192. The quantitative estimate of drug-likeness (QED) is 0.419. The minimum absolute atomic E-state index is 0.132. The van der Waals surface area contributed by atoms with Crippen molar-refractivity contribution >= 4 is 35.1 Å². The Labute approximate surface area is 202 Å². The molecule has 7 nitrogen and oxygen atoms in total. The first-order chi connectivity index (χ1) is 16.3.